The first-order chi connectivity index (χ1) is 14.3. The third-order valence-electron chi connectivity index (χ3n) is 5.55. The van der Waals surface area contributed by atoms with Crippen molar-refractivity contribution in [1.29, 1.82) is 0 Å². The van der Waals surface area contributed by atoms with Crippen LogP contribution in [-0.4, -0.2) is 35.3 Å². The zero-order valence-electron chi connectivity index (χ0n) is 16.4. The first-order valence-electron chi connectivity index (χ1n) is 10.5. The van der Waals surface area contributed by atoms with Crippen LogP contribution in [-0.2, 0) is 4.74 Å². The summed E-state index contributed by atoms with van der Waals surface area (Å²) in [5, 5.41) is 9.10. The molecule has 5 rings (SSSR count). The predicted octanol–water partition coefficient (Wildman–Crippen LogP) is 5.35. The molecule has 0 bridgehead atoms. The molecule has 3 aromatic rings. The number of nitrogens with one attached hydrogen (secondary N) is 2. The van der Waals surface area contributed by atoms with E-state index in [1.54, 1.807) is 11.3 Å². The number of benzene rings is 1. The molecule has 1 saturated heterocycles. The van der Waals surface area contributed by atoms with E-state index in [1.807, 2.05) is 24.3 Å². The number of nitrogens with zero attached hydrogens (tertiary/aromatic N) is 2. The quantitative estimate of drug-likeness (QED) is 0.571. The summed E-state index contributed by atoms with van der Waals surface area (Å²) in [6.45, 7) is 1.45. The Balaban J connectivity index is 1.31. The number of hydrogen-bond acceptors (Lipinski definition) is 7. The fraction of sp³-hybridized carbons (Fsp3) is 0.455. The molecular weight excluding hydrogens is 384 g/mol. The number of thiophene rings is 1. The second-order valence-corrected chi connectivity index (χ2v) is 8.68. The van der Waals surface area contributed by atoms with E-state index in [-0.39, 0.29) is 6.10 Å². The Bertz CT molecular complexity index is 947. The van der Waals surface area contributed by atoms with Crippen molar-refractivity contribution < 1.29 is 9.47 Å². The van der Waals surface area contributed by atoms with Gasteiger partial charge in [0.25, 0.3) is 0 Å². The van der Waals surface area contributed by atoms with Crippen LogP contribution >= 0.6 is 11.3 Å². The Morgan fingerprint density at radius 3 is 2.66 bits per heavy atom. The fourth-order valence-corrected chi connectivity index (χ4v) is 4.79. The topological polar surface area (TPSA) is 68.3 Å². The molecule has 6 nitrogen and oxygen atoms in total. The molecule has 0 amide bonds. The average Bonchev–Trinajstić information content (AvgIpc) is 3.42. The van der Waals surface area contributed by atoms with Gasteiger partial charge < -0.3 is 20.1 Å². The van der Waals surface area contributed by atoms with E-state index in [9.17, 15) is 0 Å². The summed E-state index contributed by atoms with van der Waals surface area (Å²) in [6.07, 6.45) is 7.47. The van der Waals surface area contributed by atoms with Crippen molar-refractivity contribution in [3.63, 3.8) is 0 Å². The summed E-state index contributed by atoms with van der Waals surface area (Å²) in [5.74, 6) is 2.42. The summed E-state index contributed by atoms with van der Waals surface area (Å²) >= 11 is 1.69. The van der Waals surface area contributed by atoms with Gasteiger partial charge in [-0.25, -0.2) is 4.98 Å². The first kappa shape index (κ1) is 18.6. The van der Waals surface area contributed by atoms with Crippen LogP contribution in [0.3, 0.4) is 0 Å². The van der Waals surface area contributed by atoms with E-state index >= 15 is 0 Å². The Kier molecular flexibility index (Phi) is 5.49. The Morgan fingerprint density at radius 2 is 1.86 bits per heavy atom. The highest BCUT2D eigenvalue weighted by atomic mass is 32.1. The van der Waals surface area contributed by atoms with Crippen LogP contribution in [0, 0.1) is 0 Å². The van der Waals surface area contributed by atoms with Crippen LogP contribution in [0.15, 0.2) is 35.7 Å². The largest absolute Gasteiger partial charge is 0.488 e. The van der Waals surface area contributed by atoms with Crippen molar-refractivity contribution in [3.8, 4) is 5.75 Å². The number of rotatable bonds is 6. The molecule has 7 heteroatoms. The maximum absolute atomic E-state index is 5.94. The summed E-state index contributed by atoms with van der Waals surface area (Å²) in [5.41, 5.74) is 1.92. The number of hydrogen-bond donors (Lipinski definition) is 2. The minimum absolute atomic E-state index is 0.159. The highest BCUT2D eigenvalue weighted by Crippen LogP contribution is 2.31. The van der Waals surface area contributed by atoms with Crippen molar-refractivity contribution in [2.24, 2.45) is 0 Å². The van der Waals surface area contributed by atoms with Crippen LogP contribution in [0.2, 0.25) is 0 Å². The second-order valence-electron chi connectivity index (χ2n) is 7.76. The number of aromatic nitrogens is 2. The van der Waals surface area contributed by atoms with Crippen LogP contribution in [0.1, 0.15) is 38.5 Å². The molecule has 2 aliphatic rings. The molecule has 0 spiro atoms. The lowest BCUT2D eigenvalue weighted by molar-refractivity contribution is 0.141. The van der Waals surface area contributed by atoms with Crippen LogP contribution in [0.25, 0.3) is 10.2 Å². The lowest BCUT2D eigenvalue weighted by atomic mass is 9.95. The molecule has 2 N–H and O–H groups in total. The first-order valence-corrected chi connectivity index (χ1v) is 11.3. The molecule has 152 valence electrons. The molecule has 2 aromatic heterocycles. The van der Waals surface area contributed by atoms with E-state index in [0.29, 0.717) is 18.6 Å². The lowest BCUT2D eigenvalue weighted by Gasteiger charge is -2.23. The van der Waals surface area contributed by atoms with Crippen molar-refractivity contribution in [1.82, 2.24) is 9.97 Å². The molecule has 3 heterocycles. The summed E-state index contributed by atoms with van der Waals surface area (Å²) < 4.78 is 12.4. The third kappa shape index (κ3) is 4.46. The molecule has 0 radical (unpaired) electrons. The maximum Gasteiger partial charge on any atom is 0.229 e. The normalized spacial score (nSPS) is 20.1. The predicted molar refractivity (Wildman–Crippen MR) is 117 cm³/mol. The molecule has 1 unspecified atom stereocenters. The monoisotopic (exact) mass is 410 g/mol. The van der Waals surface area contributed by atoms with Crippen molar-refractivity contribution in [2.45, 2.75) is 50.7 Å². The molecule has 1 aliphatic carbocycles. The van der Waals surface area contributed by atoms with Gasteiger partial charge in [0.15, 0.2) is 0 Å². The van der Waals surface area contributed by atoms with Gasteiger partial charge in [-0.3, -0.25) is 0 Å². The van der Waals surface area contributed by atoms with Gasteiger partial charge in [-0.1, -0.05) is 19.3 Å². The van der Waals surface area contributed by atoms with Crippen molar-refractivity contribution in [2.75, 3.05) is 23.8 Å². The number of anilines is 3. The molecule has 1 saturated carbocycles. The average molecular weight is 411 g/mol. The smallest absolute Gasteiger partial charge is 0.229 e. The second kappa shape index (κ2) is 8.55. The van der Waals surface area contributed by atoms with E-state index in [2.05, 4.69) is 22.1 Å². The van der Waals surface area contributed by atoms with Crippen molar-refractivity contribution >= 4 is 39.0 Å². The summed E-state index contributed by atoms with van der Waals surface area (Å²) in [4.78, 5) is 9.49. The van der Waals surface area contributed by atoms with Gasteiger partial charge in [-0.2, -0.15) is 4.98 Å². The Labute approximate surface area is 174 Å². The van der Waals surface area contributed by atoms with Crippen LogP contribution in [0.5, 0.6) is 5.75 Å². The molecule has 2 fully saturated rings. The van der Waals surface area contributed by atoms with Crippen LogP contribution in [0.4, 0.5) is 17.5 Å². The molecule has 1 aliphatic heterocycles. The minimum atomic E-state index is 0.159. The van der Waals surface area contributed by atoms with E-state index in [4.69, 9.17) is 19.4 Å². The highest BCUT2D eigenvalue weighted by Gasteiger charge is 2.18. The van der Waals surface area contributed by atoms with Gasteiger partial charge in [0.1, 0.15) is 17.7 Å². The SMILES string of the molecule is c1cc2nc(Nc3ccc(OC4CCOC4)cc3)nc(NC3CCCCC3)c2s1. The van der Waals surface area contributed by atoms with Crippen molar-refractivity contribution in [3.05, 3.63) is 35.7 Å². The standard InChI is InChI=1S/C22H26N4O2S/c1-2-4-15(5-3-1)23-21-20-19(11-13-29-20)25-22(26-21)24-16-6-8-17(9-7-16)28-18-10-12-27-14-18/h6-9,11,13,15,18H,1-5,10,12,14H2,(H2,23,24,25,26). The zero-order valence-corrected chi connectivity index (χ0v) is 17.2. The van der Waals surface area contributed by atoms with E-state index in [1.165, 1.54) is 32.1 Å². The zero-order chi connectivity index (χ0) is 19.5. The summed E-state index contributed by atoms with van der Waals surface area (Å²) in [7, 11) is 0. The third-order valence-corrected chi connectivity index (χ3v) is 6.46. The molecule has 29 heavy (non-hydrogen) atoms. The Hall–Kier alpha value is -2.38. The fourth-order valence-electron chi connectivity index (χ4n) is 4.00. The van der Waals surface area contributed by atoms with Gasteiger partial charge in [0, 0.05) is 18.2 Å². The Morgan fingerprint density at radius 1 is 1.00 bits per heavy atom. The van der Waals surface area contributed by atoms with Gasteiger partial charge in [-0.05, 0) is 48.6 Å². The molecule has 1 atom stereocenters. The summed E-state index contributed by atoms with van der Waals surface area (Å²) in [6, 6.07) is 10.5. The maximum atomic E-state index is 5.94. The lowest BCUT2D eigenvalue weighted by Crippen LogP contribution is -2.23. The molecule has 1 aromatic carbocycles. The molecular formula is C22H26N4O2S. The number of fused-ring (bicyclic) bond motifs is 1. The van der Waals surface area contributed by atoms with Gasteiger partial charge in [-0.15, -0.1) is 11.3 Å². The van der Waals surface area contributed by atoms with Gasteiger partial charge in [0.05, 0.1) is 23.4 Å². The van der Waals surface area contributed by atoms with Gasteiger partial charge in [0.2, 0.25) is 5.95 Å². The van der Waals surface area contributed by atoms with Gasteiger partial charge >= 0.3 is 0 Å². The van der Waals surface area contributed by atoms with E-state index in [0.717, 1.165) is 40.5 Å². The highest BCUT2D eigenvalue weighted by molar-refractivity contribution is 7.17. The number of ether oxygens (including phenoxy) is 2. The van der Waals surface area contributed by atoms with E-state index < -0.39 is 0 Å². The minimum Gasteiger partial charge on any atom is -0.488 e. The van der Waals surface area contributed by atoms with Crippen LogP contribution < -0.4 is 15.4 Å².